The van der Waals surface area contributed by atoms with Crippen molar-refractivity contribution < 1.29 is 9.90 Å². The number of aryl methyl sites for hydroxylation is 1. The zero-order valence-electron chi connectivity index (χ0n) is 11.4. The third kappa shape index (κ3) is 2.60. The normalized spacial score (nSPS) is 19.4. The largest absolute Gasteiger partial charge is 0.481 e. The van der Waals surface area contributed by atoms with Crippen LogP contribution in [0.3, 0.4) is 0 Å². The number of anilines is 1. The summed E-state index contributed by atoms with van der Waals surface area (Å²) in [4.78, 5) is 24.1. The number of nitrogens with zero attached hydrogens (tertiary/aromatic N) is 3. The van der Waals surface area contributed by atoms with Crippen molar-refractivity contribution in [3.63, 3.8) is 0 Å². The molecule has 0 aromatic carbocycles. The van der Waals surface area contributed by atoms with E-state index in [0.717, 1.165) is 42.0 Å². The number of piperidine rings is 1. The molecule has 2 aromatic heterocycles. The molecule has 1 unspecified atom stereocenters. The van der Waals surface area contributed by atoms with Crippen LogP contribution in [0.5, 0.6) is 0 Å². The molecule has 1 N–H and O–H groups in total. The number of hydrogen-bond acceptors (Lipinski definition) is 5. The quantitative estimate of drug-likeness (QED) is 0.941. The topological polar surface area (TPSA) is 66.3 Å². The molecule has 20 heavy (non-hydrogen) atoms. The van der Waals surface area contributed by atoms with Crippen LogP contribution >= 0.6 is 11.3 Å². The van der Waals surface area contributed by atoms with Gasteiger partial charge in [0.05, 0.1) is 5.39 Å². The molecule has 5 nitrogen and oxygen atoms in total. The first-order valence-electron chi connectivity index (χ1n) is 6.81. The summed E-state index contributed by atoms with van der Waals surface area (Å²) in [5.41, 5.74) is 0. The van der Waals surface area contributed by atoms with Crippen LogP contribution in [0, 0.1) is 12.8 Å². The summed E-state index contributed by atoms with van der Waals surface area (Å²) in [6.07, 6.45) is 3.86. The Morgan fingerprint density at radius 2 is 2.40 bits per heavy atom. The second-order valence-corrected chi connectivity index (χ2v) is 6.56. The molecule has 0 spiro atoms. The number of carboxylic acid groups (broad SMARTS) is 1. The maximum absolute atomic E-state index is 10.9. The minimum atomic E-state index is -0.712. The van der Waals surface area contributed by atoms with Crippen molar-refractivity contribution in [2.24, 2.45) is 5.92 Å². The van der Waals surface area contributed by atoms with Crippen molar-refractivity contribution in [2.45, 2.75) is 26.2 Å². The van der Waals surface area contributed by atoms with Crippen LogP contribution in [0.4, 0.5) is 5.82 Å². The Hall–Kier alpha value is -1.69. The molecule has 2 aromatic rings. The molecule has 1 atom stereocenters. The van der Waals surface area contributed by atoms with Gasteiger partial charge in [0.1, 0.15) is 17.0 Å². The third-order valence-corrected chi connectivity index (χ3v) is 4.67. The summed E-state index contributed by atoms with van der Waals surface area (Å²) in [5, 5.41) is 10.0. The van der Waals surface area contributed by atoms with E-state index in [4.69, 9.17) is 5.11 Å². The highest BCUT2D eigenvalue weighted by Crippen LogP contribution is 2.32. The second kappa shape index (κ2) is 5.36. The smallest absolute Gasteiger partial charge is 0.303 e. The molecule has 0 bridgehead atoms. The van der Waals surface area contributed by atoms with E-state index in [1.54, 1.807) is 17.7 Å². The molecule has 6 heteroatoms. The molecule has 1 aliphatic heterocycles. The number of carbonyl (C=O) groups is 1. The predicted octanol–water partition coefficient (Wildman–Crippen LogP) is 2.69. The van der Waals surface area contributed by atoms with Gasteiger partial charge in [0.2, 0.25) is 0 Å². The lowest BCUT2D eigenvalue weighted by atomic mass is 9.95. The standard InChI is InChI=1S/C14H17N3O2S/c1-9-5-11-13(15-8-16-14(11)20-9)17-4-2-3-10(7-17)6-12(18)19/h5,8,10H,2-4,6-7H2,1H3,(H,18,19). The Morgan fingerprint density at radius 3 is 3.20 bits per heavy atom. The predicted molar refractivity (Wildman–Crippen MR) is 79.3 cm³/mol. The van der Waals surface area contributed by atoms with Gasteiger partial charge in [-0.15, -0.1) is 11.3 Å². The molecule has 0 aliphatic carbocycles. The summed E-state index contributed by atoms with van der Waals surface area (Å²) in [5.74, 6) is 0.455. The van der Waals surface area contributed by atoms with E-state index in [2.05, 4.69) is 27.9 Å². The highest BCUT2D eigenvalue weighted by Gasteiger charge is 2.24. The maximum Gasteiger partial charge on any atom is 0.303 e. The number of hydrogen-bond donors (Lipinski definition) is 1. The van der Waals surface area contributed by atoms with Gasteiger partial charge in [0.15, 0.2) is 0 Å². The van der Waals surface area contributed by atoms with Gasteiger partial charge in [-0.05, 0) is 31.7 Å². The number of fused-ring (bicyclic) bond motifs is 1. The van der Waals surface area contributed by atoms with E-state index in [1.807, 2.05) is 0 Å². The van der Waals surface area contributed by atoms with Crippen molar-refractivity contribution in [2.75, 3.05) is 18.0 Å². The Balaban J connectivity index is 1.88. The van der Waals surface area contributed by atoms with Crippen molar-refractivity contribution in [1.82, 2.24) is 9.97 Å². The summed E-state index contributed by atoms with van der Waals surface area (Å²) in [7, 11) is 0. The van der Waals surface area contributed by atoms with Crippen molar-refractivity contribution in [3.8, 4) is 0 Å². The highest BCUT2D eigenvalue weighted by molar-refractivity contribution is 7.18. The fourth-order valence-electron chi connectivity index (χ4n) is 2.89. The zero-order chi connectivity index (χ0) is 14.1. The van der Waals surface area contributed by atoms with Gasteiger partial charge in [-0.1, -0.05) is 0 Å². The van der Waals surface area contributed by atoms with Gasteiger partial charge in [-0.25, -0.2) is 9.97 Å². The molecule has 106 valence electrons. The average molecular weight is 291 g/mol. The fourth-order valence-corrected chi connectivity index (χ4v) is 3.73. The lowest BCUT2D eigenvalue weighted by Crippen LogP contribution is -2.36. The summed E-state index contributed by atoms with van der Waals surface area (Å²) in [6.45, 7) is 3.78. The van der Waals surface area contributed by atoms with Crippen LogP contribution in [-0.4, -0.2) is 34.1 Å². The summed E-state index contributed by atoms with van der Waals surface area (Å²) in [6, 6.07) is 2.12. The Bertz CT molecular complexity index is 640. The number of aliphatic carboxylic acids is 1. The molecule has 0 radical (unpaired) electrons. The average Bonchev–Trinajstić information content (AvgIpc) is 2.78. The molecule has 1 saturated heterocycles. The lowest BCUT2D eigenvalue weighted by molar-refractivity contribution is -0.138. The van der Waals surface area contributed by atoms with E-state index in [-0.39, 0.29) is 12.3 Å². The lowest BCUT2D eigenvalue weighted by Gasteiger charge is -2.33. The van der Waals surface area contributed by atoms with Gasteiger partial charge in [-0.2, -0.15) is 0 Å². The van der Waals surface area contributed by atoms with Crippen LogP contribution in [0.25, 0.3) is 10.2 Å². The van der Waals surface area contributed by atoms with Gasteiger partial charge >= 0.3 is 5.97 Å². The monoisotopic (exact) mass is 291 g/mol. The highest BCUT2D eigenvalue weighted by atomic mass is 32.1. The Morgan fingerprint density at radius 1 is 1.55 bits per heavy atom. The molecular formula is C14H17N3O2S. The van der Waals surface area contributed by atoms with Crippen LogP contribution in [0.2, 0.25) is 0 Å². The second-order valence-electron chi connectivity index (χ2n) is 5.33. The fraction of sp³-hybridized carbons (Fsp3) is 0.500. The van der Waals surface area contributed by atoms with Gasteiger partial charge in [0, 0.05) is 24.4 Å². The maximum atomic E-state index is 10.9. The van der Waals surface area contributed by atoms with Crippen LogP contribution < -0.4 is 4.90 Å². The van der Waals surface area contributed by atoms with E-state index < -0.39 is 5.97 Å². The van der Waals surface area contributed by atoms with E-state index >= 15 is 0 Å². The zero-order valence-corrected chi connectivity index (χ0v) is 12.2. The van der Waals surface area contributed by atoms with E-state index in [1.165, 1.54) is 4.88 Å². The number of carboxylic acids is 1. The van der Waals surface area contributed by atoms with Crippen LogP contribution in [0.15, 0.2) is 12.4 Å². The molecule has 3 rings (SSSR count). The van der Waals surface area contributed by atoms with Crippen molar-refractivity contribution >= 4 is 33.3 Å². The van der Waals surface area contributed by atoms with Gasteiger partial charge in [0.25, 0.3) is 0 Å². The first-order valence-corrected chi connectivity index (χ1v) is 7.63. The first-order chi connectivity index (χ1) is 9.63. The van der Waals surface area contributed by atoms with Gasteiger partial charge < -0.3 is 10.0 Å². The minimum Gasteiger partial charge on any atom is -0.481 e. The van der Waals surface area contributed by atoms with E-state index in [9.17, 15) is 4.79 Å². The van der Waals surface area contributed by atoms with Crippen LogP contribution in [-0.2, 0) is 4.79 Å². The summed E-state index contributed by atoms with van der Waals surface area (Å²) < 4.78 is 0. The van der Waals surface area contributed by atoms with E-state index in [0.29, 0.717) is 0 Å². The van der Waals surface area contributed by atoms with Crippen molar-refractivity contribution in [3.05, 3.63) is 17.3 Å². The number of thiophene rings is 1. The minimum absolute atomic E-state index is 0.214. The molecular weight excluding hydrogens is 274 g/mol. The summed E-state index contributed by atoms with van der Waals surface area (Å²) >= 11 is 1.67. The van der Waals surface area contributed by atoms with Crippen LogP contribution in [0.1, 0.15) is 24.1 Å². The number of aromatic nitrogens is 2. The molecule has 3 heterocycles. The Labute approximate surface area is 121 Å². The van der Waals surface area contributed by atoms with Crippen molar-refractivity contribution in [1.29, 1.82) is 0 Å². The molecule has 0 saturated carbocycles. The molecule has 1 aliphatic rings. The Kier molecular flexibility index (Phi) is 3.56. The van der Waals surface area contributed by atoms with Gasteiger partial charge in [-0.3, -0.25) is 4.79 Å². The third-order valence-electron chi connectivity index (χ3n) is 3.71. The number of rotatable bonds is 3. The first kappa shape index (κ1) is 13.3. The molecule has 1 fully saturated rings. The SMILES string of the molecule is Cc1cc2c(N3CCCC(CC(=O)O)C3)ncnc2s1. The molecule has 0 amide bonds.